The number of nitrogens with one attached hydrogen (secondary N) is 2. The Bertz CT molecular complexity index is 457. The molecule has 1 aliphatic heterocycles. The Morgan fingerprint density at radius 1 is 1.53 bits per heavy atom. The van der Waals surface area contributed by atoms with E-state index in [0.29, 0.717) is 12.5 Å². The Morgan fingerprint density at radius 3 is 2.84 bits per heavy atom. The minimum atomic E-state index is 0.101. The van der Waals surface area contributed by atoms with Crippen molar-refractivity contribution in [3.05, 3.63) is 29.3 Å². The molecule has 1 aliphatic rings. The summed E-state index contributed by atoms with van der Waals surface area (Å²) in [6.07, 6.45) is 2.07. The van der Waals surface area contributed by atoms with Gasteiger partial charge in [-0.25, -0.2) is 0 Å². The SMILES string of the molecule is CSc1cc(C)ccc1CNC(=O)C(C)C1CNC1. The van der Waals surface area contributed by atoms with Gasteiger partial charge in [0.25, 0.3) is 0 Å². The van der Waals surface area contributed by atoms with Crippen molar-refractivity contribution in [2.45, 2.75) is 25.3 Å². The van der Waals surface area contributed by atoms with Gasteiger partial charge in [-0.15, -0.1) is 11.8 Å². The van der Waals surface area contributed by atoms with E-state index >= 15 is 0 Å². The molecule has 2 N–H and O–H groups in total. The van der Waals surface area contributed by atoms with Crippen LogP contribution in [0.3, 0.4) is 0 Å². The number of thioether (sulfide) groups is 1. The van der Waals surface area contributed by atoms with Crippen molar-refractivity contribution in [3.63, 3.8) is 0 Å². The zero-order valence-corrected chi connectivity index (χ0v) is 12.6. The van der Waals surface area contributed by atoms with E-state index in [1.807, 2.05) is 6.92 Å². The quantitative estimate of drug-likeness (QED) is 0.811. The highest BCUT2D eigenvalue weighted by Crippen LogP contribution is 2.22. The van der Waals surface area contributed by atoms with Gasteiger partial charge < -0.3 is 10.6 Å². The van der Waals surface area contributed by atoms with Crippen molar-refractivity contribution in [1.29, 1.82) is 0 Å². The van der Waals surface area contributed by atoms with Gasteiger partial charge in [0.1, 0.15) is 0 Å². The number of benzene rings is 1. The number of rotatable bonds is 5. The monoisotopic (exact) mass is 278 g/mol. The van der Waals surface area contributed by atoms with Crippen molar-refractivity contribution in [2.75, 3.05) is 19.3 Å². The second kappa shape index (κ2) is 6.44. The van der Waals surface area contributed by atoms with Gasteiger partial charge in [0.2, 0.25) is 5.91 Å². The average Bonchev–Trinajstić information content (AvgIpc) is 2.34. The highest BCUT2D eigenvalue weighted by molar-refractivity contribution is 7.98. The van der Waals surface area contributed by atoms with Crippen LogP contribution in [0.5, 0.6) is 0 Å². The van der Waals surface area contributed by atoms with Gasteiger partial charge in [0.15, 0.2) is 0 Å². The first-order valence-corrected chi connectivity index (χ1v) is 7.96. The summed E-state index contributed by atoms with van der Waals surface area (Å²) >= 11 is 1.73. The summed E-state index contributed by atoms with van der Waals surface area (Å²) < 4.78 is 0. The van der Waals surface area contributed by atoms with Gasteiger partial charge in [0, 0.05) is 17.4 Å². The van der Waals surface area contributed by atoms with E-state index in [2.05, 4.69) is 42.0 Å². The van der Waals surface area contributed by atoms with Crippen LogP contribution >= 0.6 is 11.8 Å². The number of hydrogen-bond acceptors (Lipinski definition) is 3. The predicted molar refractivity (Wildman–Crippen MR) is 80.3 cm³/mol. The Kier molecular flexibility index (Phi) is 4.88. The molecule has 0 saturated carbocycles. The molecule has 0 aromatic heterocycles. The molecule has 19 heavy (non-hydrogen) atoms. The summed E-state index contributed by atoms with van der Waals surface area (Å²) in [6, 6.07) is 6.38. The first-order valence-electron chi connectivity index (χ1n) is 6.73. The van der Waals surface area contributed by atoms with E-state index in [0.717, 1.165) is 13.1 Å². The van der Waals surface area contributed by atoms with Crippen LogP contribution in [-0.2, 0) is 11.3 Å². The molecular formula is C15H22N2OS. The van der Waals surface area contributed by atoms with Gasteiger partial charge in [0.05, 0.1) is 0 Å². The summed E-state index contributed by atoms with van der Waals surface area (Å²) in [5, 5.41) is 6.27. The second-order valence-corrected chi connectivity index (χ2v) is 6.09. The Hall–Kier alpha value is -1.00. The normalized spacial score (nSPS) is 16.8. The zero-order chi connectivity index (χ0) is 13.8. The largest absolute Gasteiger partial charge is 0.352 e. The molecular weight excluding hydrogens is 256 g/mol. The highest BCUT2D eigenvalue weighted by Gasteiger charge is 2.28. The van der Waals surface area contributed by atoms with Gasteiger partial charge in [-0.2, -0.15) is 0 Å². The number of carbonyl (C=O) groups excluding carboxylic acids is 1. The van der Waals surface area contributed by atoms with Gasteiger partial charge in [-0.1, -0.05) is 19.1 Å². The zero-order valence-electron chi connectivity index (χ0n) is 11.8. The van der Waals surface area contributed by atoms with Crippen molar-refractivity contribution in [2.24, 2.45) is 11.8 Å². The third-order valence-corrected chi connectivity index (χ3v) is 4.65. The van der Waals surface area contributed by atoms with Crippen LogP contribution in [0.25, 0.3) is 0 Å². The molecule has 1 atom stereocenters. The molecule has 1 amide bonds. The Balaban J connectivity index is 1.92. The van der Waals surface area contributed by atoms with Gasteiger partial charge in [-0.3, -0.25) is 4.79 Å². The maximum atomic E-state index is 12.1. The van der Waals surface area contributed by atoms with Crippen LogP contribution in [-0.4, -0.2) is 25.3 Å². The van der Waals surface area contributed by atoms with Crippen LogP contribution in [0.1, 0.15) is 18.1 Å². The molecule has 0 bridgehead atoms. The van der Waals surface area contributed by atoms with Crippen molar-refractivity contribution in [3.8, 4) is 0 Å². The standard InChI is InChI=1S/C15H22N2OS/c1-10-4-5-12(14(6-10)19-3)9-17-15(18)11(2)13-7-16-8-13/h4-6,11,13,16H,7-9H2,1-3H3,(H,17,18). The van der Waals surface area contributed by atoms with Crippen LogP contribution in [0.4, 0.5) is 0 Å². The summed E-state index contributed by atoms with van der Waals surface area (Å²) in [6.45, 7) is 6.67. The van der Waals surface area contributed by atoms with Crippen LogP contribution < -0.4 is 10.6 Å². The number of aryl methyl sites for hydroxylation is 1. The lowest BCUT2D eigenvalue weighted by Gasteiger charge is -2.31. The average molecular weight is 278 g/mol. The van der Waals surface area contributed by atoms with E-state index in [9.17, 15) is 4.79 Å². The minimum Gasteiger partial charge on any atom is -0.352 e. The fourth-order valence-corrected chi connectivity index (χ4v) is 2.93. The van der Waals surface area contributed by atoms with E-state index in [4.69, 9.17) is 0 Å². The lowest BCUT2D eigenvalue weighted by molar-refractivity contribution is -0.126. The van der Waals surface area contributed by atoms with Crippen LogP contribution in [0.15, 0.2) is 23.1 Å². The first kappa shape index (κ1) is 14.4. The van der Waals surface area contributed by atoms with E-state index in [1.54, 1.807) is 11.8 Å². The maximum absolute atomic E-state index is 12.1. The minimum absolute atomic E-state index is 0.101. The molecule has 1 heterocycles. The molecule has 4 heteroatoms. The van der Waals surface area contributed by atoms with Gasteiger partial charge in [-0.05, 0) is 49.4 Å². The van der Waals surface area contributed by atoms with Gasteiger partial charge >= 0.3 is 0 Å². The van der Waals surface area contributed by atoms with Crippen LogP contribution in [0.2, 0.25) is 0 Å². The Labute approximate surface area is 119 Å². The number of hydrogen-bond donors (Lipinski definition) is 2. The highest BCUT2D eigenvalue weighted by atomic mass is 32.2. The van der Waals surface area contributed by atoms with Crippen molar-refractivity contribution < 1.29 is 4.79 Å². The number of carbonyl (C=O) groups is 1. The van der Waals surface area contributed by atoms with E-state index in [1.165, 1.54) is 16.0 Å². The first-order chi connectivity index (χ1) is 9.11. The molecule has 2 rings (SSSR count). The molecule has 0 radical (unpaired) electrons. The third-order valence-electron chi connectivity index (χ3n) is 3.83. The van der Waals surface area contributed by atoms with Crippen LogP contribution in [0, 0.1) is 18.8 Å². The summed E-state index contributed by atoms with van der Waals surface area (Å²) in [5.41, 5.74) is 2.46. The van der Waals surface area contributed by atoms with E-state index < -0.39 is 0 Å². The number of amides is 1. The summed E-state index contributed by atoms with van der Waals surface area (Å²) in [5.74, 6) is 0.765. The lowest BCUT2D eigenvalue weighted by atomic mass is 9.88. The maximum Gasteiger partial charge on any atom is 0.223 e. The molecule has 1 unspecified atom stereocenters. The summed E-state index contributed by atoms with van der Waals surface area (Å²) in [4.78, 5) is 13.3. The third kappa shape index (κ3) is 3.51. The molecule has 0 aliphatic carbocycles. The molecule has 0 spiro atoms. The summed E-state index contributed by atoms with van der Waals surface area (Å²) in [7, 11) is 0. The molecule has 1 aromatic rings. The Morgan fingerprint density at radius 2 is 2.26 bits per heavy atom. The molecule has 1 aromatic carbocycles. The van der Waals surface area contributed by atoms with E-state index in [-0.39, 0.29) is 11.8 Å². The van der Waals surface area contributed by atoms with Crippen molar-refractivity contribution in [1.82, 2.24) is 10.6 Å². The fourth-order valence-electron chi connectivity index (χ4n) is 2.22. The predicted octanol–water partition coefficient (Wildman–Crippen LogP) is 2.19. The lowest BCUT2D eigenvalue weighted by Crippen LogP contribution is -2.49. The molecule has 1 fully saturated rings. The van der Waals surface area contributed by atoms with Crippen molar-refractivity contribution >= 4 is 17.7 Å². The molecule has 104 valence electrons. The topological polar surface area (TPSA) is 41.1 Å². The smallest absolute Gasteiger partial charge is 0.223 e. The molecule has 1 saturated heterocycles. The molecule has 3 nitrogen and oxygen atoms in total. The second-order valence-electron chi connectivity index (χ2n) is 5.24. The fraction of sp³-hybridized carbons (Fsp3) is 0.533.